The molecule has 0 aliphatic heterocycles. The van der Waals surface area contributed by atoms with Gasteiger partial charge in [0, 0.05) is 29.4 Å². The van der Waals surface area contributed by atoms with Crippen molar-refractivity contribution in [3.63, 3.8) is 0 Å². The molecule has 112 valence electrons. The lowest BCUT2D eigenvalue weighted by molar-refractivity contribution is -0.385. The number of benzene rings is 2. The first-order valence-corrected chi connectivity index (χ1v) is 6.20. The van der Waals surface area contributed by atoms with Gasteiger partial charge in [-0.2, -0.15) is 0 Å². The largest absolute Gasteiger partial charge is 0.872 e. The molecule has 0 amide bonds. The summed E-state index contributed by atoms with van der Waals surface area (Å²) in [6.45, 7) is 0. The average Bonchev–Trinajstić information content (AvgIpc) is 2.46. The monoisotopic (exact) mass is 320 g/mol. The zero-order valence-electron chi connectivity index (χ0n) is 10.8. The van der Waals surface area contributed by atoms with Crippen LogP contribution in [0.4, 0.5) is 17.1 Å². The minimum absolute atomic E-state index is 0.0136. The Labute approximate surface area is 128 Å². The Morgan fingerprint density at radius 3 is 2.41 bits per heavy atom. The van der Waals surface area contributed by atoms with E-state index in [0.717, 1.165) is 30.5 Å². The van der Waals surface area contributed by atoms with Gasteiger partial charge in [-0.15, -0.1) is 0 Å². The van der Waals surface area contributed by atoms with Crippen molar-refractivity contribution in [1.29, 1.82) is 0 Å². The second-order valence-electron chi connectivity index (χ2n) is 4.13. The molecular weight excluding hydrogens is 314 g/mol. The van der Waals surface area contributed by atoms with Crippen molar-refractivity contribution >= 4 is 34.9 Å². The van der Waals surface area contributed by atoms with E-state index in [1.54, 1.807) is 0 Å². The Hall–Kier alpha value is -3.00. The van der Waals surface area contributed by atoms with Gasteiger partial charge in [0.15, 0.2) is 0 Å². The van der Waals surface area contributed by atoms with Crippen molar-refractivity contribution in [1.82, 2.24) is 0 Å². The molecule has 0 fully saturated rings. The number of hydrogen-bond acceptors (Lipinski definition) is 6. The van der Waals surface area contributed by atoms with Crippen LogP contribution in [0.3, 0.4) is 0 Å². The minimum Gasteiger partial charge on any atom is -0.872 e. The molecule has 0 aromatic heterocycles. The van der Waals surface area contributed by atoms with Crippen molar-refractivity contribution in [2.45, 2.75) is 0 Å². The third-order valence-corrected chi connectivity index (χ3v) is 2.92. The van der Waals surface area contributed by atoms with Gasteiger partial charge in [-0.1, -0.05) is 23.4 Å². The number of halogens is 1. The Morgan fingerprint density at radius 2 is 1.77 bits per heavy atom. The summed E-state index contributed by atoms with van der Waals surface area (Å²) in [5, 5.41) is 33.4. The molecule has 0 saturated heterocycles. The van der Waals surface area contributed by atoms with Crippen molar-refractivity contribution in [3.8, 4) is 5.75 Å². The van der Waals surface area contributed by atoms with Crippen LogP contribution in [0.2, 0.25) is 5.02 Å². The van der Waals surface area contributed by atoms with E-state index in [1.807, 2.05) is 0 Å². The summed E-state index contributed by atoms with van der Waals surface area (Å²) in [6.07, 6.45) is 1.05. The van der Waals surface area contributed by atoms with E-state index in [2.05, 4.69) is 4.99 Å². The van der Waals surface area contributed by atoms with Gasteiger partial charge in [0.25, 0.3) is 11.4 Å². The van der Waals surface area contributed by atoms with Crippen LogP contribution in [-0.4, -0.2) is 16.1 Å². The number of nitrogens with zero attached hydrogens (tertiary/aromatic N) is 3. The Kier molecular flexibility index (Phi) is 4.33. The standard InChI is InChI=1S/C13H8ClN3O5/c14-9-1-3-11(12(6-9)17(21)22)15-7-8-5-10(16(19)20)2-4-13(8)18/h1-7,18H/p-1. The lowest BCUT2D eigenvalue weighted by Gasteiger charge is -2.08. The van der Waals surface area contributed by atoms with Crippen LogP contribution >= 0.6 is 11.6 Å². The third-order valence-electron chi connectivity index (χ3n) is 2.68. The molecule has 0 bridgehead atoms. The van der Waals surface area contributed by atoms with E-state index in [-0.39, 0.29) is 27.6 Å². The molecule has 0 atom stereocenters. The molecule has 0 spiro atoms. The highest BCUT2D eigenvalue weighted by molar-refractivity contribution is 6.30. The molecule has 22 heavy (non-hydrogen) atoms. The molecule has 2 aromatic carbocycles. The van der Waals surface area contributed by atoms with Gasteiger partial charge in [-0.25, -0.2) is 4.99 Å². The first kappa shape index (κ1) is 15.4. The van der Waals surface area contributed by atoms with E-state index in [4.69, 9.17) is 11.6 Å². The smallest absolute Gasteiger partial charge is 0.296 e. The van der Waals surface area contributed by atoms with Crippen LogP contribution in [0, 0.1) is 20.2 Å². The zero-order chi connectivity index (χ0) is 16.3. The normalized spacial score (nSPS) is 10.8. The third kappa shape index (κ3) is 3.36. The molecule has 0 aliphatic rings. The highest BCUT2D eigenvalue weighted by Crippen LogP contribution is 2.30. The molecule has 0 heterocycles. The molecule has 0 saturated carbocycles. The fourth-order valence-electron chi connectivity index (χ4n) is 1.64. The lowest BCUT2D eigenvalue weighted by atomic mass is 10.2. The fourth-order valence-corrected chi connectivity index (χ4v) is 1.81. The molecule has 0 radical (unpaired) electrons. The van der Waals surface area contributed by atoms with Gasteiger partial charge in [-0.05, 0) is 17.7 Å². The van der Waals surface area contributed by atoms with Gasteiger partial charge in [0.2, 0.25) is 0 Å². The number of nitro benzene ring substituents is 2. The first-order valence-electron chi connectivity index (χ1n) is 5.82. The van der Waals surface area contributed by atoms with Crippen LogP contribution in [0.25, 0.3) is 0 Å². The van der Waals surface area contributed by atoms with Crippen LogP contribution in [0.1, 0.15) is 5.56 Å². The fraction of sp³-hybridized carbons (Fsp3) is 0. The van der Waals surface area contributed by atoms with E-state index in [1.165, 1.54) is 12.1 Å². The zero-order valence-corrected chi connectivity index (χ0v) is 11.6. The van der Waals surface area contributed by atoms with Gasteiger partial charge >= 0.3 is 0 Å². The first-order chi connectivity index (χ1) is 10.4. The quantitative estimate of drug-likeness (QED) is 0.487. The van der Waals surface area contributed by atoms with E-state index < -0.39 is 15.6 Å². The van der Waals surface area contributed by atoms with Crippen LogP contribution in [0.15, 0.2) is 41.4 Å². The summed E-state index contributed by atoms with van der Waals surface area (Å²) in [5.41, 5.74) is -0.660. The van der Waals surface area contributed by atoms with Gasteiger partial charge in [0.05, 0.1) is 9.85 Å². The Morgan fingerprint density at radius 1 is 1.05 bits per heavy atom. The van der Waals surface area contributed by atoms with Gasteiger partial charge < -0.3 is 5.11 Å². The van der Waals surface area contributed by atoms with Crippen molar-refractivity contribution in [2.24, 2.45) is 4.99 Å². The minimum atomic E-state index is -0.663. The average molecular weight is 321 g/mol. The lowest BCUT2D eigenvalue weighted by Crippen LogP contribution is -1.98. The number of non-ortho nitro benzene ring substituents is 1. The van der Waals surface area contributed by atoms with Crippen LogP contribution in [-0.2, 0) is 0 Å². The van der Waals surface area contributed by atoms with Gasteiger partial charge in [-0.3, -0.25) is 20.2 Å². The topological polar surface area (TPSA) is 122 Å². The molecule has 9 heteroatoms. The maximum atomic E-state index is 11.6. The molecule has 2 rings (SSSR count). The summed E-state index contributed by atoms with van der Waals surface area (Å²) >= 11 is 5.68. The van der Waals surface area contributed by atoms with Gasteiger partial charge in [0.1, 0.15) is 5.69 Å². The highest BCUT2D eigenvalue weighted by atomic mass is 35.5. The molecule has 8 nitrogen and oxygen atoms in total. The molecule has 2 aromatic rings. The number of rotatable bonds is 4. The van der Waals surface area contributed by atoms with E-state index in [0.29, 0.717) is 0 Å². The number of hydrogen-bond donors (Lipinski definition) is 0. The maximum absolute atomic E-state index is 11.6. The Balaban J connectivity index is 2.43. The van der Waals surface area contributed by atoms with Crippen molar-refractivity contribution < 1.29 is 15.0 Å². The predicted molar refractivity (Wildman–Crippen MR) is 77.9 cm³/mol. The molecule has 0 N–H and O–H groups in total. The SMILES string of the molecule is O=[N+]([O-])c1ccc([O-])c(C=Nc2ccc(Cl)cc2[N+](=O)[O-])c1. The summed E-state index contributed by atoms with van der Waals surface area (Å²) < 4.78 is 0. The number of nitro groups is 2. The van der Waals surface area contributed by atoms with Crippen LogP contribution in [0.5, 0.6) is 5.75 Å². The number of aliphatic imine (C=N–C) groups is 1. The van der Waals surface area contributed by atoms with E-state index >= 15 is 0 Å². The Bertz CT molecular complexity index is 791. The summed E-state index contributed by atoms with van der Waals surface area (Å²) in [4.78, 5) is 24.1. The molecule has 0 aliphatic carbocycles. The summed E-state index contributed by atoms with van der Waals surface area (Å²) in [5.74, 6) is -0.481. The van der Waals surface area contributed by atoms with Crippen molar-refractivity contribution in [2.75, 3.05) is 0 Å². The molecule has 0 unspecified atom stereocenters. The van der Waals surface area contributed by atoms with Crippen molar-refractivity contribution in [3.05, 3.63) is 67.2 Å². The summed E-state index contributed by atoms with van der Waals surface area (Å²) in [6, 6.07) is 7.01. The second-order valence-corrected chi connectivity index (χ2v) is 4.56. The second kappa shape index (κ2) is 6.19. The maximum Gasteiger partial charge on any atom is 0.296 e. The summed E-state index contributed by atoms with van der Waals surface area (Å²) in [7, 11) is 0. The molecular formula is C13H7ClN3O5-. The van der Waals surface area contributed by atoms with E-state index in [9.17, 15) is 25.3 Å². The highest BCUT2D eigenvalue weighted by Gasteiger charge is 2.13. The van der Waals surface area contributed by atoms with Crippen LogP contribution < -0.4 is 5.11 Å². The predicted octanol–water partition coefficient (Wildman–Crippen LogP) is 2.98.